The van der Waals surface area contributed by atoms with E-state index in [1.165, 1.54) is 0 Å². The van der Waals surface area contributed by atoms with E-state index in [9.17, 15) is 4.21 Å². The van der Waals surface area contributed by atoms with Crippen LogP contribution in [-0.4, -0.2) is 35.0 Å². The lowest BCUT2D eigenvalue weighted by Crippen LogP contribution is -2.54. The summed E-state index contributed by atoms with van der Waals surface area (Å²) < 4.78 is 24.9. The predicted molar refractivity (Wildman–Crippen MR) is 62.9 cm³/mol. The minimum absolute atomic E-state index is 0.302. The summed E-state index contributed by atoms with van der Waals surface area (Å²) in [6, 6.07) is 0. The molecule has 0 heterocycles. The molecule has 0 bridgehead atoms. The van der Waals surface area contributed by atoms with Gasteiger partial charge in [0.1, 0.15) is 0 Å². The highest BCUT2D eigenvalue weighted by Crippen LogP contribution is 2.17. The fourth-order valence-corrected chi connectivity index (χ4v) is 2.01. The number of methoxy groups -OCH3 is 2. The number of nitrogens with one attached hydrogen (secondary N) is 1. The second kappa shape index (κ2) is 5.39. The highest BCUT2D eigenvalue weighted by molar-refractivity contribution is 7.84. The van der Waals surface area contributed by atoms with E-state index in [-0.39, 0.29) is 4.75 Å². The average molecular weight is 237 g/mol. The van der Waals surface area contributed by atoms with Crippen molar-refractivity contribution < 1.29 is 13.7 Å². The second-order valence-electron chi connectivity index (χ2n) is 5.01. The van der Waals surface area contributed by atoms with Gasteiger partial charge in [0.25, 0.3) is 0 Å². The third-order valence-corrected chi connectivity index (χ3v) is 3.75. The molecule has 5 heteroatoms. The van der Waals surface area contributed by atoms with Gasteiger partial charge in [-0.3, -0.25) is 0 Å². The zero-order valence-corrected chi connectivity index (χ0v) is 11.5. The van der Waals surface area contributed by atoms with Gasteiger partial charge in [0.15, 0.2) is 6.29 Å². The Morgan fingerprint density at radius 2 is 1.47 bits per heavy atom. The van der Waals surface area contributed by atoms with Crippen molar-refractivity contribution in [3.8, 4) is 0 Å². The van der Waals surface area contributed by atoms with Crippen molar-refractivity contribution in [1.29, 1.82) is 0 Å². The van der Waals surface area contributed by atoms with Crippen LogP contribution in [0.2, 0.25) is 0 Å². The van der Waals surface area contributed by atoms with Gasteiger partial charge in [0.2, 0.25) is 0 Å². The van der Waals surface area contributed by atoms with Crippen molar-refractivity contribution >= 4 is 11.0 Å². The molecule has 0 aliphatic carbocycles. The highest BCUT2D eigenvalue weighted by atomic mass is 32.2. The van der Waals surface area contributed by atoms with Crippen molar-refractivity contribution in [1.82, 2.24) is 4.72 Å². The lowest BCUT2D eigenvalue weighted by atomic mass is 10.1. The van der Waals surface area contributed by atoms with Crippen molar-refractivity contribution in [2.45, 2.75) is 51.2 Å². The molecule has 0 spiro atoms. The van der Waals surface area contributed by atoms with Crippen molar-refractivity contribution in [2.75, 3.05) is 14.2 Å². The Labute approximate surface area is 95.3 Å². The van der Waals surface area contributed by atoms with Crippen molar-refractivity contribution in [3.63, 3.8) is 0 Å². The molecule has 0 unspecified atom stereocenters. The molecule has 0 rings (SSSR count). The molecule has 0 aromatic heterocycles. The van der Waals surface area contributed by atoms with Crippen LogP contribution in [0.4, 0.5) is 0 Å². The quantitative estimate of drug-likeness (QED) is 0.736. The molecule has 4 nitrogen and oxygen atoms in total. The summed E-state index contributed by atoms with van der Waals surface area (Å²) in [5.41, 5.74) is -0.498. The monoisotopic (exact) mass is 237 g/mol. The van der Waals surface area contributed by atoms with Crippen LogP contribution in [0.5, 0.6) is 0 Å². The maximum atomic E-state index is 11.9. The summed E-state index contributed by atoms with van der Waals surface area (Å²) in [5, 5.41) is 0. The van der Waals surface area contributed by atoms with Gasteiger partial charge in [-0.05, 0) is 34.6 Å². The summed E-state index contributed by atoms with van der Waals surface area (Å²) >= 11 is 0. The Morgan fingerprint density at radius 3 is 1.73 bits per heavy atom. The number of ether oxygens (including phenoxy) is 2. The molecule has 0 saturated heterocycles. The molecule has 0 aromatic rings. The fraction of sp³-hybridized carbons (Fsp3) is 1.00. The number of hydrogen-bond donors (Lipinski definition) is 1. The van der Waals surface area contributed by atoms with Gasteiger partial charge in [-0.15, -0.1) is 0 Å². The third-order valence-electron chi connectivity index (χ3n) is 1.93. The molecule has 0 fully saturated rings. The molecule has 1 N–H and O–H groups in total. The van der Waals surface area contributed by atoms with Crippen LogP contribution in [0, 0.1) is 0 Å². The average Bonchev–Trinajstić information content (AvgIpc) is 2.02. The van der Waals surface area contributed by atoms with Gasteiger partial charge in [-0.25, -0.2) is 8.93 Å². The zero-order valence-electron chi connectivity index (χ0n) is 10.7. The minimum atomic E-state index is -1.14. The summed E-state index contributed by atoms with van der Waals surface area (Å²) in [7, 11) is 1.99. The lowest BCUT2D eigenvalue weighted by Gasteiger charge is -2.34. The van der Waals surface area contributed by atoms with Crippen LogP contribution in [0.3, 0.4) is 0 Å². The molecule has 0 saturated carbocycles. The van der Waals surface area contributed by atoms with Crippen molar-refractivity contribution in [3.05, 3.63) is 0 Å². The Kier molecular flexibility index (Phi) is 5.40. The number of rotatable bonds is 5. The van der Waals surface area contributed by atoms with E-state index in [1.807, 2.05) is 34.6 Å². The lowest BCUT2D eigenvalue weighted by molar-refractivity contribution is -0.141. The first-order valence-corrected chi connectivity index (χ1v) is 6.05. The second-order valence-corrected chi connectivity index (χ2v) is 6.97. The molecule has 1 atom stereocenters. The third kappa shape index (κ3) is 4.59. The van der Waals surface area contributed by atoms with Crippen LogP contribution in [0.15, 0.2) is 0 Å². The minimum Gasteiger partial charge on any atom is -0.354 e. The van der Waals surface area contributed by atoms with Gasteiger partial charge in [0.05, 0.1) is 21.3 Å². The van der Waals surface area contributed by atoms with E-state index in [4.69, 9.17) is 9.47 Å². The first-order chi connectivity index (χ1) is 6.65. The van der Waals surface area contributed by atoms with Gasteiger partial charge in [-0.2, -0.15) is 0 Å². The van der Waals surface area contributed by atoms with Crippen LogP contribution < -0.4 is 4.72 Å². The molecule has 0 radical (unpaired) electrons. The molecule has 0 aliphatic rings. The molecular formula is C10H23NO3S. The Hall–Kier alpha value is 0.0300. The Balaban J connectivity index is 4.56. The van der Waals surface area contributed by atoms with Gasteiger partial charge in [-0.1, -0.05) is 0 Å². The summed E-state index contributed by atoms with van der Waals surface area (Å²) in [5.74, 6) is 0. The zero-order chi connectivity index (χ0) is 12.3. The van der Waals surface area contributed by atoms with E-state index in [0.717, 1.165) is 0 Å². The first-order valence-electron chi connectivity index (χ1n) is 4.90. The van der Waals surface area contributed by atoms with Gasteiger partial charge < -0.3 is 9.47 Å². The van der Waals surface area contributed by atoms with Gasteiger partial charge in [0, 0.05) is 14.2 Å². The molecule has 92 valence electrons. The summed E-state index contributed by atoms with van der Waals surface area (Å²) in [4.78, 5) is 0. The van der Waals surface area contributed by atoms with Crippen molar-refractivity contribution in [2.24, 2.45) is 0 Å². The van der Waals surface area contributed by atoms with E-state index >= 15 is 0 Å². The molecule has 0 amide bonds. The maximum Gasteiger partial charge on any atom is 0.175 e. The Morgan fingerprint density at radius 1 is 1.07 bits per heavy atom. The molecule has 0 aromatic carbocycles. The number of hydrogen-bond acceptors (Lipinski definition) is 3. The molecule has 0 aliphatic heterocycles. The van der Waals surface area contributed by atoms with E-state index in [0.29, 0.717) is 0 Å². The first kappa shape index (κ1) is 15.0. The van der Waals surface area contributed by atoms with E-state index in [2.05, 4.69) is 4.72 Å². The van der Waals surface area contributed by atoms with Gasteiger partial charge >= 0.3 is 0 Å². The standard InChI is InChI=1S/C10H23NO3S/c1-9(2,3)15(12)11-10(4,5)8(13-6)14-7/h8,11H,1-7H3/t15-/m1/s1. The topological polar surface area (TPSA) is 47.6 Å². The van der Waals surface area contributed by atoms with E-state index in [1.54, 1.807) is 14.2 Å². The Bertz CT molecular complexity index is 219. The van der Waals surface area contributed by atoms with Crippen LogP contribution in [-0.2, 0) is 20.5 Å². The largest absolute Gasteiger partial charge is 0.354 e. The van der Waals surface area contributed by atoms with E-state index < -0.39 is 22.8 Å². The summed E-state index contributed by atoms with van der Waals surface area (Å²) in [6.45, 7) is 9.55. The smallest absolute Gasteiger partial charge is 0.175 e. The maximum absolute atomic E-state index is 11.9. The normalized spacial score (nSPS) is 15.7. The highest BCUT2D eigenvalue weighted by Gasteiger charge is 2.34. The SMILES string of the molecule is COC(OC)C(C)(C)N[S@](=O)C(C)(C)C. The van der Waals surface area contributed by atoms with Crippen LogP contribution >= 0.6 is 0 Å². The van der Waals surface area contributed by atoms with Crippen LogP contribution in [0.1, 0.15) is 34.6 Å². The fourth-order valence-electron chi connectivity index (χ4n) is 1.13. The summed E-state index contributed by atoms with van der Waals surface area (Å²) in [6.07, 6.45) is -0.427. The predicted octanol–water partition coefficient (Wildman–Crippen LogP) is 1.44. The van der Waals surface area contributed by atoms with Crippen LogP contribution in [0.25, 0.3) is 0 Å². The molecular weight excluding hydrogens is 214 g/mol. The molecule has 15 heavy (non-hydrogen) atoms.